The molecule has 1 amide bonds. The average Bonchev–Trinajstić information content (AvgIpc) is 2.53. The van der Waals surface area contributed by atoms with Crippen LogP contribution >= 0.6 is 0 Å². The van der Waals surface area contributed by atoms with Gasteiger partial charge in [0.1, 0.15) is 5.75 Å². The Morgan fingerprint density at radius 1 is 1.35 bits per heavy atom. The number of hydrogen-bond donors (Lipinski definition) is 0. The van der Waals surface area contributed by atoms with Crippen LogP contribution in [0.25, 0.3) is 0 Å². The van der Waals surface area contributed by atoms with Gasteiger partial charge in [-0.15, -0.1) is 0 Å². The SMILES string of the molecule is CC(C)Oc1ccc(C(=O)N2CCO[C@@H](CCN(C)C)C2)cc1. The molecule has 0 saturated carbocycles. The van der Waals surface area contributed by atoms with Gasteiger partial charge in [0.05, 0.1) is 18.8 Å². The van der Waals surface area contributed by atoms with Crippen LogP contribution in [0.4, 0.5) is 0 Å². The Kier molecular flexibility index (Phi) is 6.42. The van der Waals surface area contributed by atoms with Crippen molar-refractivity contribution >= 4 is 5.91 Å². The maximum atomic E-state index is 12.6. The summed E-state index contributed by atoms with van der Waals surface area (Å²) in [5, 5.41) is 0. The van der Waals surface area contributed by atoms with Gasteiger partial charge in [-0.3, -0.25) is 4.79 Å². The van der Waals surface area contributed by atoms with E-state index in [2.05, 4.69) is 4.90 Å². The highest BCUT2D eigenvalue weighted by molar-refractivity contribution is 5.94. The van der Waals surface area contributed by atoms with E-state index in [0.29, 0.717) is 25.3 Å². The topological polar surface area (TPSA) is 42.0 Å². The summed E-state index contributed by atoms with van der Waals surface area (Å²) in [5.41, 5.74) is 0.703. The van der Waals surface area contributed by atoms with E-state index in [1.165, 1.54) is 0 Å². The lowest BCUT2D eigenvalue weighted by Gasteiger charge is -2.33. The van der Waals surface area contributed by atoms with Crippen molar-refractivity contribution in [1.82, 2.24) is 9.80 Å². The van der Waals surface area contributed by atoms with Crippen LogP contribution in [0, 0.1) is 0 Å². The van der Waals surface area contributed by atoms with E-state index in [9.17, 15) is 4.79 Å². The fourth-order valence-electron chi connectivity index (χ4n) is 2.61. The van der Waals surface area contributed by atoms with Crippen LogP contribution in [0.3, 0.4) is 0 Å². The Labute approximate surface area is 139 Å². The first-order valence-corrected chi connectivity index (χ1v) is 8.28. The summed E-state index contributed by atoms with van der Waals surface area (Å²) in [6.07, 6.45) is 1.20. The first-order valence-electron chi connectivity index (χ1n) is 8.28. The number of ether oxygens (including phenoxy) is 2. The van der Waals surface area contributed by atoms with Crippen molar-refractivity contribution in [3.63, 3.8) is 0 Å². The molecule has 0 spiro atoms. The number of morpholine rings is 1. The van der Waals surface area contributed by atoms with Gasteiger partial charge in [-0.1, -0.05) is 0 Å². The molecule has 1 heterocycles. The third-order valence-electron chi connectivity index (χ3n) is 3.80. The van der Waals surface area contributed by atoms with Crippen molar-refractivity contribution in [3.05, 3.63) is 29.8 Å². The zero-order valence-corrected chi connectivity index (χ0v) is 14.6. The number of rotatable bonds is 6. The highest BCUT2D eigenvalue weighted by Crippen LogP contribution is 2.17. The van der Waals surface area contributed by atoms with Crippen molar-refractivity contribution < 1.29 is 14.3 Å². The second-order valence-electron chi connectivity index (χ2n) is 6.53. The molecule has 0 radical (unpaired) electrons. The minimum Gasteiger partial charge on any atom is -0.491 e. The highest BCUT2D eigenvalue weighted by atomic mass is 16.5. The zero-order chi connectivity index (χ0) is 16.8. The van der Waals surface area contributed by atoms with E-state index < -0.39 is 0 Å². The Hall–Kier alpha value is -1.59. The standard InChI is InChI=1S/C18H28N2O3/c1-14(2)23-16-7-5-15(6-8-16)18(21)20-11-12-22-17(13-20)9-10-19(3)4/h5-8,14,17H,9-13H2,1-4H3/t17-/m0/s1. The van der Waals surface area contributed by atoms with Gasteiger partial charge in [0.25, 0.3) is 5.91 Å². The largest absolute Gasteiger partial charge is 0.491 e. The number of hydrogen-bond acceptors (Lipinski definition) is 4. The van der Waals surface area contributed by atoms with Gasteiger partial charge in [0.15, 0.2) is 0 Å². The summed E-state index contributed by atoms with van der Waals surface area (Å²) in [6.45, 7) is 6.87. The maximum absolute atomic E-state index is 12.6. The summed E-state index contributed by atoms with van der Waals surface area (Å²) >= 11 is 0. The van der Waals surface area contributed by atoms with E-state index in [4.69, 9.17) is 9.47 Å². The van der Waals surface area contributed by atoms with E-state index in [-0.39, 0.29) is 18.1 Å². The Morgan fingerprint density at radius 2 is 2.04 bits per heavy atom. The molecule has 1 aromatic carbocycles. The predicted octanol–water partition coefficient (Wildman–Crippen LogP) is 2.27. The fourth-order valence-corrected chi connectivity index (χ4v) is 2.61. The summed E-state index contributed by atoms with van der Waals surface area (Å²) in [4.78, 5) is 16.7. The van der Waals surface area contributed by atoms with Gasteiger partial charge in [0, 0.05) is 25.2 Å². The lowest BCUT2D eigenvalue weighted by atomic mass is 10.1. The summed E-state index contributed by atoms with van der Waals surface area (Å²) in [5.74, 6) is 0.863. The smallest absolute Gasteiger partial charge is 0.254 e. The molecular weight excluding hydrogens is 292 g/mol. The van der Waals surface area contributed by atoms with Crippen LogP contribution in [-0.4, -0.2) is 68.3 Å². The van der Waals surface area contributed by atoms with Gasteiger partial charge in [-0.25, -0.2) is 0 Å². The summed E-state index contributed by atoms with van der Waals surface area (Å²) in [7, 11) is 4.10. The lowest BCUT2D eigenvalue weighted by molar-refractivity contribution is -0.0269. The molecule has 1 atom stereocenters. The molecule has 0 bridgehead atoms. The highest BCUT2D eigenvalue weighted by Gasteiger charge is 2.25. The third-order valence-corrected chi connectivity index (χ3v) is 3.80. The Balaban J connectivity index is 1.93. The molecule has 1 aliphatic heterocycles. The van der Waals surface area contributed by atoms with Crippen LogP contribution < -0.4 is 4.74 Å². The van der Waals surface area contributed by atoms with Crippen LogP contribution in [0.1, 0.15) is 30.6 Å². The van der Waals surface area contributed by atoms with Gasteiger partial charge in [-0.2, -0.15) is 0 Å². The monoisotopic (exact) mass is 320 g/mol. The Bertz CT molecular complexity index is 499. The molecule has 0 unspecified atom stereocenters. The second kappa shape index (κ2) is 8.31. The average molecular weight is 320 g/mol. The number of carbonyl (C=O) groups excluding carboxylic acids is 1. The van der Waals surface area contributed by atoms with Crippen molar-refractivity contribution in [2.45, 2.75) is 32.5 Å². The molecule has 1 saturated heterocycles. The van der Waals surface area contributed by atoms with E-state index >= 15 is 0 Å². The van der Waals surface area contributed by atoms with Gasteiger partial charge < -0.3 is 19.3 Å². The first kappa shape index (κ1) is 17.8. The summed E-state index contributed by atoms with van der Waals surface area (Å²) in [6, 6.07) is 7.39. The van der Waals surface area contributed by atoms with Crippen LogP contribution in [0.2, 0.25) is 0 Å². The predicted molar refractivity (Wildman–Crippen MR) is 91.0 cm³/mol. The van der Waals surface area contributed by atoms with Crippen LogP contribution in [0.5, 0.6) is 5.75 Å². The van der Waals surface area contributed by atoms with Gasteiger partial charge in [-0.05, 0) is 58.6 Å². The van der Waals surface area contributed by atoms with Crippen LogP contribution in [-0.2, 0) is 4.74 Å². The molecule has 0 aromatic heterocycles. The number of nitrogens with zero attached hydrogens (tertiary/aromatic N) is 2. The quantitative estimate of drug-likeness (QED) is 0.806. The minimum absolute atomic E-state index is 0.0688. The molecule has 0 aliphatic carbocycles. The first-order chi connectivity index (χ1) is 11.0. The summed E-state index contributed by atoms with van der Waals surface area (Å²) < 4.78 is 11.4. The maximum Gasteiger partial charge on any atom is 0.254 e. The van der Waals surface area contributed by atoms with Gasteiger partial charge >= 0.3 is 0 Å². The third kappa shape index (κ3) is 5.52. The Morgan fingerprint density at radius 3 is 2.65 bits per heavy atom. The minimum atomic E-state index is 0.0688. The molecule has 1 fully saturated rings. The molecule has 1 aliphatic rings. The lowest BCUT2D eigenvalue weighted by Crippen LogP contribution is -2.46. The van der Waals surface area contributed by atoms with E-state index in [1.807, 2.05) is 57.1 Å². The van der Waals surface area contributed by atoms with E-state index in [1.54, 1.807) is 0 Å². The van der Waals surface area contributed by atoms with Gasteiger partial charge in [0.2, 0.25) is 0 Å². The molecule has 5 heteroatoms. The molecular formula is C18H28N2O3. The van der Waals surface area contributed by atoms with Crippen molar-refractivity contribution in [1.29, 1.82) is 0 Å². The second-order valence-corrected chi connectivity index (χ2v) is 6.53. The van der Waals surface area contributed by atoms with Crippen molar-refractivity contribution in [3.8, 4) is 5.75 Å². The molecule has 1 aromatic rings. The molecule has 5 nitrogen and oxygen atoms in total. The molecule has 128 valence electrons. The van der Waals surface area contributed by atoms with Crippen molar-refractivity contribution in [2.75, 3.05) is 40.3 Å². The number of amides is 1. The normalized spacial score (nSPS) is 18.5. The molecule has 2 rings (SSSR count). The van der Waals surface area contributed by atoms with Crippen LogP contribution in [0.15, 0.2) is 24.3 Å². The molecule has 0 N–H and O–H groups in total. The molecule has 23 heavy (non-hydrogen) atoms. The number of carbonyl (C=O) groups is 1. The zero-order valence-electron chi connectivity index (χ0n) is 14.6. The number of benzene rings is 1. The van der Waals surface area contributed by atoms with Crippen molar-refractivity contribution in [2.24, 2.45) is 0 Å². The fraction of sp³-hybridized carbons (Fsp3) is 0.611. The van der Waals surface area contributed by atoms with E-state index in [0.717, 1.165) is 18.7 Å².